The number of benzene rings is 1. The van der Waals surface area contributed by atoms with E-state index in [1.165, 1.54) is 6.07 Å². The van der Waals surface area contributed by atoms with E-state index in [1.54, 1.807) is 19.9 Å². The zero-order valence-electron chi connectivity index (χ0n) is 14.5. The molecule has 134 valence electrons. The third-order valence-electron chi connectivity index (χ3n) is 4.05. The number of hydrogen-bond acceptors (Lipinski definition) is 5. The van der Waals surface area contributed by atoms with Crippen LogP contribution in [0.25, 0.3) is 0 Å². The van der Waals surface area contributed by atoms with E-state index in [0.29, 0.717) is 17.5 Å². The standard InChI is InChI=1S/C16H25N3O4S/c1-11(2)17-24(22,23)14-5-6-15(16(8-14)19(20)21)18-9-12(3)7-13(4)10-18/h5-6,8,11-13,17H,7,9-10H2,1-4H3/t12-,13-/m1/s1. The molecule has 0 spiro atoms. The van der Waals surface area contributed by atoms with Gasteiger partial charge in [-0.15, -0.1) is 0 Å². The van der Waals surface area contributed by atoms with Crippen LogP contribution in [0.4, 0.5) is 11.4 Å². The fourth-order valence-electron chi connectivity index (χ4n) is 3.32. The lowest BCUT2D eigenvalue weighted by atomic mass is 9.91. The number of anilines is 1. The van der Waals surface area contributed by atoms with Crippen molar-refractivity contribution in [1.29, 1.82) is 0 Å². The van der Waals surface area contributed by atoms with Gasteiger partial charge in [-0.3, -0.25) is 10.1 Å². The third kappa shape index (κ3) is 4.24. The Kier molecular flexibility index (Phi) is 5.49. The Balaban J connectivity index is 2.43. The fourth-order valence-corrected chi connectivity index (χ4v) is 4.59. The predicted octanol–water partition coefficient (Wildman–Crippen LogP) is 2.76. The number of nitrogens with one attached hydrogen (secondary N) is 1. The van der Waals surface area contributed by atoms with Crippen molar-refractivity contribution >= 4 is 21.4 Å². The van der Waals surface area contributed by atoms with Gasteiger partial charge in [0.05, 0.1) is 9.82 Å². The van der Waals surface area contributed by atoms with Crippen molar-refractivity contribution < 1.29 is 13.3 Å². The number of nitro benzene ring substituents is 1. The van der Waals surface area contributed by atoms with Gasteiger partial charge in [-0.05, 0) is 44.2 Å². The molecule has 1 heterocycles. The molecule has 0 saturated carbocycles. The van der Waals surface area contributed by atoms with E-state index in [9.17, 15) is 18.5 Å². The minimum atomic E-state index is -3.76. The number of hydrogen-bond donors (Lipinski definition) is 1. The fraction of sp³-hybridized carbons (Fsp3) is 0.625. The molecule has 1 aromatic rings. The number of sulfonamides is 1. The van der Waals surface area contributed by atoms with Crippen LogP contribution in [0.15, 0.2) is 23.1 Å². The highest BCUT2D eigenvalue weighted by molar-refractivity contribution is 7.89. The van der Waals surface area contributed by atoms with Gasteiger partial charge in [0.25, 0.3) is 5.69 Å². The highest BCUT2D eigenvalue weighted by Gasteiger charge is 2.29. The first-order chi connectivity index (χ1) is 11.1. The molecule has 1 aromatic carbocycles. The van der Waals surface area contributed by atoms with Gasteiger partial charge < -0.3 is 4.90 Å². The normalized spacial score (nSPS) is 22.0. The van der Waals surface area contributed by atoms with Crippen molar-refractivity contribution in [2.75, 3.05) is 18.0 Å². The molecule has 0 amide bonds. The lowest BCUT2D eigenvalue weighted by molar-refractivity contribution is -0.384. The monoisotopic (exact) mass is 355 g/mol. The molecule has 0 radical (unpaired) electrons. The molecular weight excluding hydrogens is 330 g/mol. The summed E-state index contributed by atoms with van der Waals surface area (Å²) < 4.78 is 27.0. The molecule has 0 unspecified atom stereocenters. The molecule has 1 fully saturated rings. The van der Waals surface area contributed by atoms with Crippen LogP contribution in [-0.4, -0.2) is 32.5 Å². The van der Waals surface area contributed by atoms with Crippen LogP contribution in [0.5, 0.6) is 0 Å². The summed E-state index contributed by atoms with van der Waals surface area (Å²) in [5.41, 5.74) is 0.324. The highest BCUT2D eigenvalue weighted by atomic mass is 32.2. The molecule has 7 nitrogen and oxygen atoms in total. The van der Waals surface area contributed by atoms with Crippen molar-refractivity contribution in [3.8, 4) is 0 Å². The van der Waals surface area contributed by atoms with Crippen molar-refractivity contribution in [2.24, 2.45) is 11.8 Å². The van der Waals surface area contributed by atoms with Gasteiger partial charge in [-0.1, -0.05) is 13.8 Å². The Morgan fingerprint density at radius 2 is 1.83 bits per heavy atom. The first kappa shape index (κ1) is 18.7. The molecule has 1 saturated heterocycles. The van der Waals surface area contributed by atoms with Crippen molar-refractivity contribution in [1.82, 2.24) is 4.72 Å². The molecule has 0 aliphatic carbocycles. The average Bonchev–Trinajstić information content (AvgIpc) is 2.44. The van der Waals surface area contributed by atoms with Crippen molar-refractivity contribution in [2.45, 2.75) is 45.1 Å². The molecular formula is C16H25N3O4S. The predicted molar refractivity (Wildman–Crippen MR) is 93.7 cm³/mol. The minimum absolute atomic E-state index is 0.0789. The van der Waals surface area contributed by atoms with Gasteiger partial charge in [0.2, 0.25) is 10.0 Å². The lowest BCUT2D eigenvalue weighted by Gasteiger charge is -2.36. The zero-order valence-corrected chi connectivity index (χ0v) is 15.3. The second-order valence-electron chi connectivity index (χ2n) is 7.03. The van der Waals surface area contributed by atoms with Crippen LogP contribution in [0, 0.1) is 22.0 Å². The van der Waals surface area contributed by atoms with Crippen LogP contribution in [0.3, 0.4) is 0 Å². The molecule has 2 atom stereocenters. The van der Waals surface area contributed by atoms with Gasteiger partial charge in [0.1, 0.15) is 5.69 Å². The van der Waals surface area contributed by atoms with Crippen LogP contribution < -0.4 is 9.62 Å². The van der Waals surface area contributed by atoms with E-state index < -0.39 is 14.9 Å². The second-order valence-corrected chi connectivity index (χ2v) is 8.75. The summed E-state index contributed by atoms with van der Waals surface area (Å²) in [4.78, 5) is 12.9. The average molecular weight is 355 g/mol. The van der Waals surface area contributed by atoms with E-state index >= 15 is 0 Å². The lowest BCUT2D eigenvalue weighted by Crippen LogP contribution is -2.39. The van der Waals surface area contributed by atoms with Gasteiger partial charge >= 0.3 is 0 Å². The van der Waals surface area contributed by atoms with Crippen LogP contribution in [0.1, 0.15) is 34.1 Å². The summed E-state index contributed by atoms with van der Waals surface area (Å²) in [6.45, 7) is 9.14. The molecule has 0 aromatic heterocycles. The van der Waals surface area contributed by atoms with Gasteiger partial charge in [-0.25, -0.2) is 13.1 Å². The molecule has 0 bridgehead atoms. The minimum Gasteiger partial charge on any atom is -0.365 e. The number of piperidine rings is 1. The maximum absolute atomic E-state index is 12.3. The largest absolute Gasteiger partial charge is 0.365 e. The summed E-state index contributed by atoms with van der Waals surface area (Å²) in [6.07, 6.45) is 1.09. The Morgan fingerprint density at radius 1 is 1.25 bits per heavy atom. The summed E-state index contributed by atoms with van der Waals surface area (Å²) in [5.74, 6) is 0.888. The van der Waals surface area contributed by atoms with Gasteiger partial charge in [0.15, 0.2) is 0 Å². The molecule has 1 N–H and O–H groups in total. The maximum Gasteiger partial charge on any atom is 0.293 e. The van der Waals surface area contributed by atoms with E-state index in [0.717, 1.165) is 25.6 Å². The zero-order chi connectivity index (χ0) is 18.1. The second kappa shape index (κ2) is 7.06. The first-order valence-corrected chi connectivity index (χ1v) is 9.64. The molecule has 2 rings (SSSR count). The number of rotatable bonds is 5. The Labute approximate surface area is 143 Å². The summed E-state index contributed by atoms with van der Waals surface area (Å²) in [6, 6.07) is 3.87. The molecule has 1 aliphatic rings. The smallest absolute Gasteiger partial charge is 0.293 e. The highest BCUT2D eigenvalue weighted by Crippen LogP contribution is 2.34. The van der Waals surface area contributed by atoms with Crippen LogP contribution in [0.2, 0.25) is 0 Å². The maximum atomic E-state index is 12.3. The SMILES string of the molecule is CC(C)NS(=O)(=O)c1ccc(N2C[C@H](C)C[C@@H](C)C2)c([N+](=O)[O-])c1. The third-order valence-corrected chi connectivity index (χ3v) is 5.71. The molecule has 8 heteroatoms. The van der Waals surface area contributed by atoms with E-state index in [-0.39, 0.29) is 16.6 Å². The van der Waals surface area contributed by atoms with Crippen LogP contribution >= 0.6 is 0 Å². The topological polar surface area (TPSA) is 92.6 Å². The molecule has 1 aliphatic heterocycles. The van der Waals surface area contributed by atoms with Gasteiger partial charge in [0, 0.05) is 25.2 Å². The Hall–Kier alpha value is -1.67. The summed E-state index contributed by atoms with van der Waals surface area (Å²) >= 11 is 0. The Morgan fingerprint density at radius 3 is 2.33 bits per heavy atom. The molecule has 24 heavy (non-hydrogen) atoms. The van der Waals surface area contributed by atoms with Crippen molar-refractivity contribution in [3.05, 3.63) is 28.3 Å². The summed E-state index contributed by atoms with van der Waals surface area (Å²) in [5, 5.41) is 11.5. The summed E-state index contributed by atoms with van der Waals surface area (Å²) in [7, 11) is -3.76. The number of nitrogens with zero attached hydrogens (tertiary/aromatic N) is 2. The van der Waals surface area contributed by atoms with Crippen molar-refractivity contribution in [3.63, 3.8) is 0 Å². The van der Waals surface area contributed by atoms with Crippen LogP contribution in [-0.2, 0) is 10.0 Å². The number of nitro groups is 1. The Bertz CT molecular complexity index is 708. The van der Waals surface area contributed by atoms with Gasteiger partial charge in [-0.2, -0.15) is 0 Å². The van der Waals surface area contributed by atoms with E-state index in [4.69, 9.17) is 0 Å². The van der Waals surface area contributed by atoms with E-state index in [1.807, 2.05) is 4.90 Å². The first-order valence-electron chi connectivity index (χ1n) is 8.16. The van der Waals surface area contributed by atoms with E-state index in [2.05, 4.69) is 18.6 Å². The quantitative estimate of drug-likeness (QED) is 0.647.